The Morgan fingerprint density at radius 2 is 2.08 bits per heavy atom. The van der Waals surface area contributed by atoms with Crippen molar-refractivity contribution in [1.29, 1.82) is 0 Å². The lowest BCUT2D eigenvalue weighted by atomic mass is 10.00. The Balaban J connectivity index is 1.85. The molecule has 1 aliphatic heterocycles. The van der Waals surface area contributed by atoms with Crippen LogP contribution in [0.1, 0.15) is 48.9 Å². The van der Waals surface area contributed by atoms with Crippen LogP contribution < -0.4 is 10.2 Å². The van der Waals surface area contributed by atoms with Gasteiger partial charge in [-0.05, 0) is 44.7 Å². The second-order valence-electron chi connectivity index (χ2n) is 6.49. The van der Waals surface area contributed by atoms with Gasteiger partial charge in [0.2, 0.25) is 0 Å². The molecule has 0 saturated carbocycles. The average Bonchev–Trinajstić information content (AvgIpc) is 2.63. The number of nitrogens with zero attached hydrogens (tertiary/aromatic N) is 3. The molecule has 0 spiro atoms. The molecule has 0 aliphatic carbocycles. The Kier molecular flexibility index (Phi) is 5.44. The van der Waals surface area contributed by atoms with Gasteiger partial charge in [0.15, 0.2) is 0 Å². The van der Waals surface area contributed by atoms with E-state index in [0.717, 1.165) is 37.9 Å². The van der Waals surface area contributed by atoms with Gasteiger partial charge in [-0.1, -0.05) is 6.92 Å². The van der Waals surface area contributed by atoms with E-state index in [2.05, 4.69) is 27.1 Å². The molecule has 1 aromatic carbocycles. The summed E-state index contributed by atoms with van der Waals surface area (Å²) in [6.45, 7) is 4.76. The number of carbonyl (C=O) groups is 1. The van der Waals surface area contributed by atoms with Crippen LogP contribution in [0.5, 0.6) is 0 Å². The summed E-state index contributed by atoms with van der Waals surface area (Å²) in [5, 5.41) is 2.45. The molecule has 1 atom stereocenters. The summed E-state index contributed by atoms with van der Waals surface area (Å²) in [6.07, 6.45) is 4.38. The Bertz CT molecular complexity index is 812. The Morgan fingerprint density at radius 1 is 1.27 bits per heavy atom. The molecule has 2 aromatic rings. The molecular weight excluding hydrogens is 338 g/mol. The third-order valence-electron chi connectivity index (χ3n) is 4.63. The lowest BCUT2D eigenvalue weighted by molar-refractivity contribution is 0.102. The first-order chi connectivity index (χ1) is 12.5. The van der Waals surface area contributed by atoms with Crippen molar-refractivity contribution < 1.29 is 13.6 Å². The quantitative estimate of drug-likeness (QED) is 0.892. The predicted molar refractivity (Wildman–Crippen MR) is 96.4 cm³/mol. The van der Waals surface area contributed by atoms with Gasteiger partial charge in [-0.3, -0.25) is 4.79 Å². The Morgan fingerprint density at radius 3 is 2.81 bits per heavy atom. The molecule has 0 radical (unpaired) electrons. The van der Waals surface area contributed by atoms with Crippen LogP contribution in [0.25, 0.3) is 0 Å². The zero-order valence-electron chi connectivity index (χ0n) is 14.9. The minimum absolute atomic E-state index is 0.0846. The van der Waals surface area contributed by atoms with E-state index in [4.69, 9.17) is 0 Å². The molecule has 138 valence electrons. The molecule has 1 saturated heterocycles. The number of rotatable bonds is 4. The van der Waals surface area contributed by atoms with Crippen LogP contribution in [0.15, 0.2) is 24.3 Å². The smallest absolute Gasteiger partial charge is 0.274 e. The fraction of sp³-hybridized carbons (Fsp3) is 0.421. The lowest BCUT2D eigenvalue weighted by Crippen LogP contribution is -2.40. The van der Waals surface area contributed by atoms with Crippen molar-refractivity contribution in [3.8, 4) is 0 Å². The minimum atomic E-state index is -0.827. The third kappa shape index (κ3) is 3.98. The molecular formula is C19H22F2N4O. The summed E-state index contributed by atoms with van der Waals surface area (Å²) in [4.78, 5) is 23.4. The van der Waals surface area contributed by atoms with Crippen molar-refractivity contribution in [2.24, 2.45) is 0 Å². The molecule has 1 unspecified atom stereocenters. The van der Waals surface area contributed by atoms with E-state index in [1.807, 2.05) is 0 Å². The van der Waals surface area contributed by atoms with Crippen molar-refractivity contribution in [3.63, 3.8) is 0 Å². The number of amides is 1. The van der Waals surface area contributed by atoms with E-state index >= 15 is 0 Å². The largest absolute Gasteiger partial charge is 0.354 e. The van der Waals surface area contributed by atoms with Crippen LogP contribution in [-0.4, -0.2) is 28.5 Å². The molecule has 1 N–H and O–H groups in total. The monoisotopic (exact) mass is 360 g/mol. The number of anilines is 2. The van der Waals surface area contributed by atoms with E-state index < -0.39 is 17.5 Å². The zero-order valence-corrected chi connectivity index (χ0v) is 14.9. The first kappa shape index (κ1) is 18.2. The first-order valence-corrected chi connectivity index (χ1v) is 8.86. The molecule has 1 aromatic heterocycles. The van der Waals surface area contributed by atoms with Crippen LogP contribution in [0.2, 0.25) is 0 Å². The number of nitrogens with one attached hydrogen (secondary N) is 1. The molecule has 26 heavy (non-hydrogen) atoms. The Hall–Kier alpha value is -2.57. The van der Waals surface area contributed by atoms with Gasteiger partial charge in [-0.15, -0.1) is 0 Å². The maximum absolute atomic E-state index is 13.8. The summed E-state index contributed by atoms with van der Waals surface area (Å²) in [5.41, 5.74) is 0.0790. The number of benzene rings is 1. The molecule has 2 heterocycles. The van der Waals surface area contributed by atoms with Gasteiger partial charge < -0.3 is 10.2 Å². The van der Waals surface area contributed by atoms with Gasteiger partial charge in [0, 0.05) is 24.7 Å². The zero-order chi connectivity index (χ0) is 18.7. The molecule has 1 aliphatic rings. The number of aromatic nitrogens is 2. The highest BCUT2D eigenvalue weighted by molar-refractivity contribution is 6.03. The highest BCUT2D eigenvalue weighted by Crippen LogP contribution is 2.26. The molecule has 1 fully saturated rings. The molecule has 3 rings (SSSR count). The van der Waals surface area contributed by atoms with Crippen molar-refractivity contribution in [1.82, 2.24) is 9.97 Å². The van der Waals surface area contributed by atoms with E-state index in [1.54, 1.807) is 13.0 Å². The molecule has 7 heteroatoms. The number of carbonyl (C=O) groups excluding carboxylic acids is 1. The standard InChI is InChI=1S/C19H22F2N4O/c1-3-14-6-4-5-9-25(14)18-11-17(22-12(2)23-18)19(26)24-16-8-7-13(20)10-15(16)21/h7-8,10-11,14H,3-6,9H2,1-2H3,(H,24,26). The van der Waals surface area contributed by atoms with Gasteiger partial charge in [-0.25, -0.2) is 18.7 Å². The number of hydrogen-bond acceptors (Lipinski definition) is 4. The van der Waals surface area contributed by atoms with E-state index in [-0.39, 0.29) is 11.4 Å². The minimum Gasteiger partial charge on any atom is -0.354 e. The number of halogens is 2. The van der Waals surface area contributed by atoms with Crippen LogP contribution >= 0.6 is 0 Å². The van der Waals surface area contributed by atoms with E-state index in [1.165, 1.54) is 12.5 Å². The second-order valence-corrected chi connectivity index (χ2v) is 6.49. The number of piperidine rings is 1. The van der Waals surface area contributed by atoms with Crippen molar-refractivity contribution >= 4 is 17.4 Å². The normalized spacial score (nSPS) is 17.2. The third-order valence-corrected chi connectivity index (χ3v) is 4.63. The number of aryl methyl sites for hydroxylation is 1. The predicted octanol–water partition coefficient (Wildman–Crippen LogP) is 4.08. The Labute approximate surface area is 151 Å². The van der Waals surface area contributed by atoms with Gasteiger partial charge in [-0.2, -0.15) is 0 Å². The molecule has 1 amide bonds. The summed E-state index contributed by atoms with van der Waals surface area (Å²) in [5.74, 6) is -0.878. The maximum atomic E-state index is 13.8. The SMILES string of the molecule is CCC1CCCCN1c1cc(C(=O)Nc2ccc(F)cc2F)nc(C)n1. The van der Waals surface area contributed by atoms with Gasteiger partial charge in [0.05, 0.1) is 5.69 Å². The van der Waals surface area contributed by atoms with Gasteiger partial charge in [0.25, 0.3) is 5.91 Å². The summed E-state index contributed by atoms with van der Waals surface area (Å²) in [7, 11) is 0. The average molecular weight is 360 g/mol. The topological polar surface area (TPSA) is 58.1 Å². The highest BCUT2D eigenvalue weighted by atomic mass is 19.1. The van der Waals surface area contributed by atoms with Gasteiger partial charge >= 0.3 is 0 Å². The summed E-state index contributed by atoms with van der Waals surface area (Å²) in [6, 6.07) is 5.04. The fourth-order valence-electron chi connectivity index (χ4n) is 3.32. The number of hydrogen-bond donors (Lipinski definition) is 1. The summed E-state index contributed by atoms with van der Waals surface area (Å²) >= 11 is 0. The molecule has 5 nitrogen and oxygen atoms in total. The van der Waals surface area contributed by atoms with Crippen molar-refractivity contribution in [3.05, 3.63) is 47.4 Å². The lowest BCUT2D eigenvalue weighted by Gasteiger charge is -2.36. The molecule has 0 bridgehead atoms. The van der Waals surface area contributed by atoms with Crippen LogP contribution in [0.4, 0.5) is 20.3 Å². The van der Waals surface area contributed by atoms with Crippen LogP contribution in [-0.2, 0) is 0 Å². The highest BCUT2D eigenvalue weighted by Gasteiger charge is 2.24. The fourth-order valence-corrected chi connectivity index (χ4v) is 3.32. The van der Waals surface area contributed by atoms with E-state index in [0.29, 0.717) is 17.7 Å². The maximum Gasteiger partial charge on any atom is 0.274 e. The first-order valence-electron chi connectivity index (χ1n) is 8.86. The second kappa shape index (κ2) is 7.76. The van der Waals surface area contributed by atoms with Gasteiger partial charge in [0.1, 0.15) is 29.0 Å². The van der Waals surface area contributed by atoms with E-state index in [9.17, 15) is 13.6 Å². The van der Waals surface area contributed by atoms with Crippen LogP contribution in [0, 0.1) is 18.6 Å². The summed E-state index contributed by atoms with van der Waals surface area (Å²) < 4.78 is 26.8. The van der Waals surface area contributed by atoms with Crippen molar-refractivity contribution in [2.45, 2.75) is 45.6 Å². The van der Waals surface area contributed by atoms with Crippen LogP contribution in [0.3, 0.4) is 0 Å². The van der Waals surface area contributed by atoms with Crippen molar-refractivity contribution in [2.75, 3.05) is 16.8 Å².